The fraction of sp³-hybridized carbons (Fsp3) is 0.176. The van der Waals surface area contributed by atoms with Gasteiger partial charge in [-0.2, -0.15) is 0 Å². The molecule has 1 aromatic carbocycles. The molecule has 1 amide bonds. The van der Waals surface area contributed by atoms with Crippen molar-refractivity contribution in [3.8, 4) is 10.6 Å². The van der Waals surface area contributed by atoms with E-state index in [2.05, 4.69) is 20.3 Å². The third-order valence-electron chi connectivity index (χ3n) is 3.47. The van der Waals surface area contributed by atoms with Gasteiger partial charge in [-0.25, -0.2) is 14.4 Å². The van der Waals surface area contributed by atoms with Gasteiger partial charge in [-0.3, -0.25) is 9.78 Å². The van der Waals surface area contributed by atoms with E-state index in [4.69, 9.17) is 0 Å². The Morgan fingerprint density at radius 3 is 2.79 bits per heavy atom. The Morgan fingerprint density at radius 2 is 2.08 bits per heavy atom. The molecule has 0 spiro atoms. The molecule has 0 aliphatic carbocycles. The molecule has 0 radical (unpaired) electrons. The van der Waals surface area contributed by atoms with Gasteiger partial charge in [-0.1, -0.05) is 12.1 Å². The van der Waals surface area contributed by atoms with E-state index in [0.29, 0.717) is 10.6 Å². The third-order valence-corrected chi connectivity index (χ3v) is 4.85. The lowest BCUT2D eigenvalue weighted by molar-refractivity contribution is 0.0935. The first-order valence-corrected chi connectivity index (χ1v) is 8.17. The zero-order valence-corrected chi connectivity index (χ0v) is 14.0. The quantitative estimate of drug-likeness (QED) is 0.787. The van der Waals surface area contributed by atoms with Crippen LogP contribution in [0.2, 0.25) is 0 Å². The highest BCUT2D eigenvalue weighted by atomic mass is 32.1. The maximum Gasteiger partial charge on any atom is 0.271 e. The van der Waals surface area contributed by atoms with E-state index in [1.54, 1.807) is 18.2 Å². The largest absolute Gasteiger partial charge is 0.343 e. The summed E-state index contributed by atoms with van der Waals surface area (Å²) in [6.45, 7) is 3.71. The average Bonchev–Trinajstić information content (AvgIpc) is 2.97. The highest BCUT2D eigenvalue weighted by Gasteiger charge is 2.19. The molecule has 5 nitrogen and oxygen atoms in total. The minimum absolute atomic E-state index is 0.251. The van der Waals surface area contributed by atoms with Gasteiger partial charge in [0.1, 0.15) is 16.5 Å². The molecule has 2 aromatic heterocycles. The standard InChI is InChI=1S/C17H15FN4OS/c1-10(21-16(23)14-9-19-7-8-20-14)15-11(2)22-17(24-15)12-5-3-4-6-13(12)18/h3-10H,1-2H3,(H,21,23)/t10-/m0/s1. The Labute approximate surface area is 142 Å². The Hall–Kier alpha value is -2.67. The topological polar surface area (TPSA) is 67.8 Å². The Morgan fingerprint density at radius 1 is 1.29 bits per heavy atom. The summed E-state index contributed by atoms with van der Waals surface area (Å²) >= 11 is 1.37. The number of rotatable bonds is 4. The predicted molar refractivity (Wildman–Crippen MR) is 90.2 cm³/mol. The highest BCUT2D eigenvalue weighted by molar-refractivity contribution is 7.15. The molecule has 0 aliphatic rings. The monoisotopic (exact) mass is 342 g/mol. The molecule has 0 aliphatic heterocycles. The number of carbonyl (C=O) groups is 1. The zero-order valence-electron chi connectivity index (χ0n) is 13.2. The molecule has 0 saturated carbocycles. The number of hydrogen-bond donors (Lipinski definition) is 1. The van der Waals surface area contributed by atoms with Crippen molar-refractivity contribution in [2.75, 3.05) is 0 Å². The van der Waals surface area contributed by atoms with Crippen LogP contribution in [0.5, 0.6) is 0 Å². The van der Waals surface area contributed by atoms with E-state index in [9.17, 15) is 9.18 Å². The molecule has 0 bridgehead atoms. The van der Waals surface area contributed by atoms with Crippen LogP contribution in [-0.2, 0) is 0 Å². The van der Waals surface area contributed by atoms with Crippen molar-refractivity contribution in [1.82, 2.24) is 20.3 Å². The Balaban J connectivity index is 1.82. The molecule has 0 unspecified atom stereocenters. The minimum atomic E-state index is -0.311. The van der Waals surface area contributed by atoms with Crippen molar-refractivity contribution in [2.24, 2.45) is 0 Å². The lowest BCUT2D eigenvalue weighted by atomic mass is 10.2. The maximum absolute atomic E-state index is 13.9. The number of aryl methyl sites for hydroxylation is 1. The molecule has 0 saturated heterocycles. The molecule has 7 heteroatoms. The van der Waals surface area contributed by atoms with Gasteiger partial charge < -0.3 is 5.32 Å². The minimum Gasteiger partial charge on any atom is -0.343 e. The fourth-order valence-electron chi connectivity index (χ4n) is 2.31. The Kier molecular flexibility index (Phi) is 4.61. The van der Waals surface area contributed by atoms with Gasteiger partial charge in [-0.15, -0.1) is 11.3 Å². The van der Waals surface area contributed by atoms with Crippen LogP contribution in [0.3, 0.4) is 0 Å². The number of hydrogen-bond acceptors (Lipinski definition) is 5. The van der Waals surface area contributed by atoms with E-state index >= 15 is 0 Å². The van der Waals surface area contributed by atoms with Gasteiger partial charge in [0.2, 0.25) is 0 Å². The molecule has 3 rings (SSSR count). The predicted octanol–water partition coefficient (Wildman–Crippen LogP) is 3.54. The number of benzene rings is 1. The van der Waals surface area contributed by atoms with E-state index in [1.165, 1.54) is 36.0 Å². The van der Waals surface area contributed by atoms with Crippen molar-refractivity contribution in [2.45, 2.75) is 19.9 Å². The summed E-state index contributed by atoms with van der Waals surface area (Å²) in [6.07, 6.45) is 4.38. The van der Waals surface area contributed by atoms with E-state index in [-0.39, 0.29) is 23.5 Å². The van der Waals surface area contributed by atoms with E-state index in [0.717, 1.165) is 10.6 Å². The number of carbonyl (C=O) groups excluding carboxylic acids is 1. The number of amides is 1. The second-order valence-corrected chi connectivity index (χ2v) is 6.26. The average molecular weight is 342 g/mol. The van der Waals surface area contributed by atoms with Gasteiger partial charge in [0.25, 0.3) is 5.91 Å². The van der Waals surface area contributed by atoms with Crippen LogP contribution in [0.15, 0.2) is 42.9 Å². The van der Waals surface area contributed by atoms with Gasteiger partial charge in [-0.05, 0) is 26.0 Å². The molecule has 1 atom stereocenters. The lowest BCUT2D eigenvalue weighted by Gasteiger charge is -2.12. The van der Waals surface area contributed by atoms with Gasteiger partial charge in [0.15, 0.2) is 0 Å². The van der Waals surface area contributed by atoms with Crippen LogP contribution in [0, 0.1) is 12.7 Å². The molecule has 2 heterocycles. The van der Waals surface area contributed by atoms with Crippen LogP contribution < -0.4 is 5.32 Å². The first-order valence-electron chi connectivity index (χ1n) is 7.35. The van der Waals surface area contributed by atoms with Gasteiger partial charge in [0, 0.05) is 18.0 Å². The maximum atomic E-state index is 13.9. The summed E-state index contributed by atoms with van der Waals surface area (Å²) in [4.78, 5) is 25.4. The lowest BCUT2D eigenvalue weighted by Crippen LogP contribution is -2.27. The summed E-state index contributed by atoms with van der Waals surface area (Å²) < 4.78 is 13.9. The summed E-state index contributed by atoms with van der Waals surface area (Å²) in [7, 11) is 0. The second-order valence-electron chi connectivity index (χ2n) is 5.23. The number of nitrogens with one attached hydrogen (secondary N) is 1. The SMILES string of the molecule is Cc1nc(-c2ccccc2F)sc1[C@H](C)NC(=O)c1cnccn1. The molecule has 1 N–H and O–H groups in total. The molecule has 24 heavy (non-hydrogen) atoms. The first-order chi connectivity index (χ1) is 11.6. The van der Waals surface area contributed by atoms with E-state index in [1.807, 2.05) is 13.8 Å². The van der Waals surface area contributed by atoms with Crippen LogP contribution >= 0.6 is 11.3 Å². The van der Waals surface area contributed by atoms with E-state index < -0.39 is 0 Å². The smallest absolute Gasteiger partial charge is 0.271 e. The first kappa shape index (κ1) is 16.2. The fourth-order valence-corrected chi connectivity index (χ4v) is 3.41. The zero-order chi connectivity index (χ0) is 17.1. The summed E-state index contributed by atoms with van der Waals surface area (Å²) in [5.74, 6) is -0.620. The number of thiazole rings is 1. The second kappa shape index (κ2) is 6.84. The molecular formula is C17H15FN4OS. The molecule has 122 valence electrons. The van der Waals surface area contributed by atoms with Crippen molar-refractivity contribution < 1.29 is 9.18 Å². The summed E-state index contributed by atoms with van der Waals surface area (Å²) in [5, 5.41) is 3.47. The van der Waals surface area contributed by atoms with Crippen molar-refractivity contribution in [1.29, 1.82) is 0 Å². The molecule has 0 fully saturated rings. The Bertz CT molecular complexity index is 866. The van der Waals surface area contributed by atoms with Crippen molar-refractivity contribution >= 4 is 17.2 Å². The van der Waals surface area contributed by atoms with Crippen molar-refractivity contribution in [3.05, 3.63) is 64.9 Å². The van der Waals surface area contributed by atoms with Crippen molar-refractivity contribution in [3.63, 3.8) is 0 Å². The van der Waals surface area contributed by atoms with Gasteiger partial charge in [0.05, 0.1) is 22.8 Å². The number of halogens is 1. The normalized spacial score (nSPS) is 12.0. The molecular weight excluding hydrogens is 327 g/mol. The summed E-state index contributed by atoms with van der Waals surface area (Å²) in [6, 6.07) is 6.25. The molecule has 3 aromatic rings. The van der Waals surface area contributed by atoms with Crippen LogP contribution in [-0.4, -0.2) is 20.9 Å². The van der Waals surface area contributed by atoms with Crippen LogP contribution in [0.4, 0.5) is 4.39 Å². The highest BCUT2D eigenvalue weighted by Crippen LogP contribution is 2.33. The van der Waals surface area contributed by atoms with Crippen LogP contribution in [0.25, 0.3) is 10.6 Å². The third kappa shape index (κ3) is 3.30. The van der Waals surface area contributed by atoms with Crippen LogP contribution in [0.1, 0.15) is 34.0 Å². The number of aromatic nitrogens is 3. The van der Waals surface area contributed by atoms with Gasteiger partial charge >= 0.3 is 0 Å². The number of nitrogens with zero attached hydrogens (tertiary/aromatic N) is 3. The summed E-state index contributed by atoms with van der Waals surface area (Å²) in [5.41, 5.74) is 1.48.